The van der Waals surface area contributed by atoms with Gasteiger partial charge in [-0.25, -0.2) is 13.6 Å². The molecule has 2 unspecified atom stereocenters. The van der Waals surface area contributed by atoms with Crippen molar-refractivity contribution in [1.82, 2.24) is 0 Å². The predicted octanol–water partition coefficient (Wildman–Crippen LogP) is 4.38. The van der Waals surface area contributed by atoms with Crippen molar-refractivity contribution >= 4 is 11.7 Å². The average molecular weight is 386 g/mol. The van der Waals surface area contributed by atoms with E-state index in [2.05, 4.69) is 6.08 Å². The molecule has 0 aromatic heterocycles. The number of nitrogens with zero attached hydrogens (tertiary/aromatic N) is 1. The summed E-state index contributed by atoms with van der Waals surface area (Å²) in [5.41, 5.74) is 8.30. The van der Waals surface area contributed by atoms with Crippen molar-refractivity contribution in [1.29, 1.82) is 0 Å². The molecule has 0 spiro atoms. The lowest BCUT2D eigenvalue weighted by molar-refractivity contribution is 0.252. The van der Waals surface area contributed by atoms with E-state index in [1.54, 1.807) is 6.08 Å². The number of rotatable bonds is 5. The van der Waals surface area contributed by atoms with E-state index in [-0.39, 0.29) is 12.5 Å². The Hall–Kier alpha value is -2.73. The fourth-order valence-corrected chi connectivity index (χ4v) is 3.98. The highest BCUT2D eigenvalue weighted by molar-refractivity contribution is 5.92. The molecule has 2 atom stereocenters. The lowest BCUT2D eigenvalue weighted by atomic mass is 9.77. The number of allylic oxidation sites excluding steroid dienone is 5. The molecule has 0 bridgehead atoms. The van der Waals surface area contributed by atoms with Crippen molar-refractivity contribution in [3.05, 3.63) is 76.9 Å². The molecule has 6 heteroatoms. The molecular weight excluding hydrogens is 362 g/mol. The number of amides is 2. The zero-order chi connectivity index (χ0) is 20.3. The number of primary amides is 1. The van der Waals surface area contributed by atoms with E-state index in [9.17, 15) is 18.7 Å². The van der Waals surface area contributed by atoms with Crippen LogP contribution in [-0.2, 0) is 0 Å². The van der Waals surface area contributed by atoms with Gasteiger partial charge < -0.3 is 10.8 Å². The Kier molecular flexibility index (Phi) is 6.09. The second-order valence-corrected chi connectivity index (χ2v) is 7.06. The third-order valence-corrected chi connectivity index (χ3v) is 5.33. The Morgan fingerprint density at radius 2 is 2.04 bits per heavy atom. The SMILES string of the molecule is CC1=CC=CCC1C1=C(CCO)C=CC(N(C(N)=O)c2c(F)cccc2F)C1. The topological polar surface area (TPSA) is 66.6 Å². The summed E-state index contributed by atoms with van der Waals surface area (Å²) in [6.45, 7) is 2.04. The van der Waals surface area contributed by atoms with Crippen LogP contribution < -0.4 is 10.6 Å². The third-order valence-electron chi connectivity index (χ3n) is 5.33. The Morgan fingerprint density at radius 1 is 1.32 bits per heavy atom. The van der Waals surface area contributed by atoms with E-state index < -0.39 is 29.4 Å². The fraction of sp³-hybridized carbons (Fsp3) is 0.318. The van der Waals surface area contributed by atoms with E-state index in [1.807, 2.05) is 25.2 Å². The number of carbonyl (C=O) groups is 1. The summed E-state index contributed by atoms with van der Waals surface area (Å²) in [5.74, 6) is -1.55. The van der Waals surface area contributed by atoms with Crippen LogP contribution in [0, 0.1) is 17.6 Å². The molecular formula is C22H24F2N2O2. The molecule has 3 rings (SSSR count). The number of benzene rings is 1. The van der Waals surface area contributed by atoms with Gasteiger partial charge in [0.15, 0.2) is 0 Å². The maximum Gasteiger partial charge on any atom is 0.320 e. The van der Waals surface area contributed by atoms with Crippen LogP contribution in [0.25, 0.3) is 0 Å². The van der Waals surface area contributed by atoms with Crippen molar-refractivity contribution in [2.24, 2.45) is 11.7 Å². The Bertz CT molecular complexity index is 866. The number of halogens is 2. The second-order valence-electron chi connectivity index (χ2n) is 7.06. The minimum atomic E-state index is -0.917. The molecule has 0 saturated heterocycles. The van der Waals surface area contributed by atoms with Gasteiger partial charge in [-0.05, 0) is 43.9 Å². The molecule has 0 radical (unpaired) electrons. The van der Waals surface area contributed by atoms with Gasteiger partial charge in [0.25, 0.3) is 0 Å². The summed E-state index contributed by atoms with van der Waals surface area (Å²) in [4.78, 5) is 13.1. The van der Waals surface area contributed by atoms with Gasteiger partial charge >= 0.3 is 6.03 Å². The Labute approximate surface area is 163 Å². The number of urea groups is 1. The smallest absolute Gasteiger partial charge is 0.320 e. The highest BCUT2D eigenvalue weighted by Gasteiger charge is 2.32. The standard InChI is InChI=1S/C22H24F2N2O2/c1-14-5-2-3-6-17(14)18-13-16(10-9-15(18)11-12-27)26(22(25)28)21-19(23)7-4-8-20(21)24/h2-5,7-10,16-17,27H,6,11-13H2,1H3,(H2,25,28). The number of aliphatic hydroxyl groups excluding tert-OH is 1. The van der Waals surface area contributed by atoms with Gasteiger partial charge in [-0.3, -0.25) is 4.90 Å². The van der Waals surface area contributed by atoms with E-state index in [0.717, 1.165) is 34.6 Å². The minimum absolute atomic E-state index is 0.000631. The van der Waals surface area contributed by atoms with Crippen LogP contribution in [0.4, 0.5) is 19.3 Å². The van der Waals surface area contributed by atoms with Crippen molar-refractivity contribution in [2.45, 2.75) is 32.2 Å². The quantitative estimate of drug-likeness (QED) is 0.789. The minimum Gasteiger partial charge on any atom is -0.396 e. The second kappa shape index (κ2) is 8.52. The van der Waals surface area contributed by atoms with Crippen LogP contribution in [0.15, 0.2) is 65.3 Å². The molecule has 3 N–H and O–H groups in total. The molecule has 1 aromatic rings. The Balaban J connectivity index is 2.00. The maximum absolute atomic E-state index is 14.4. The average Bonchev–Trinajstić information content (AvgIpc) is 2.66. The van der Waals surface area contributed by atoms with Crippen molar-refractivity contribution < 1.29 is 18.7 Å². The largest absolute Gasteiger partial charge is 0.396 e. The number of carbonyl (C=O) groups excluding carboxylic acids is 1. The number of hydrogen-bond donors (Lipinski definition) is 2. The van der Waals surface area contributed by atoms with Crippen LogP contribution in [0.3, 0.4) is 0 Å². The first kappa shape index (κ1) is 20.0. The molecule has 2 aliphatic rings. The van der Waals surface area contributed by atoms with Crippen LogP contribution >= 0.6 is 0 Å². The van der Waals surface area contributed by atoms with Crippen LogP contribution in [0.1, 0.15) is 26.2 Å². The zero-order valence-corrected chi connectivity index (χ0v) is 15.7. The molecule has 2 amide bonds. The highest BCUT2D eigenvalue weighted by atomic mass is 19.1. The van der Waals surface area contributed by atoms with Gasteiger partial charge in [-0.15, -0.1) is 0 Å². The van der Waals surface area contributed by atoms with Gasteiger partial charge in [0, 0.05) is 12.5 Å². The van der Waals surface area contributed by atoms with Gasteiger partial charge in [-0.1, -0.05) is 47.6 Å². The molecule has 148 valence electrons. The summed E-state index contributed by atoms with van der Waals surface area (Å²) in [7, 11) is 0. The van der Waals surface area contributed by atoms with E-state index in [1.165, 1.54) is 11.6 Å². The van der Waals surface area contributed by atoms with Crippen LogP contribution in [0.5, 0.6) is 0 Å². The highest BCUT2D eigenvalue weighted by Crippen LogP contribution is 2.38. The summed E-state index contributed by atoms with van der Waals surface area (Å²) in [6, 6.07) is 1.93. The summed E-state index contributed by atoms with van der Waals surface area (Å²) >= 11 is 0. The van der Waals surface area contributed by atoms with E-state index in [0.29, 0.717) is 12.8 Å². The Morgan fingerprint density at radius 3 is 2.64 bits per heavy atom. The third kappa shape index (κ3) is 3.92. The molecule has 2 aliphatic carbocycles. The molecule has 0 aliphatic heterocycles. The first-order chi connectivity index (χ1) is 13.4. The first-order valence-corrected chi connectivity index (χ1v) is 9.31. The number of hydrogen-bond acceptors (Lipinski definition) is 2. The lowest BCUT2D eigenvalue weighted by Gasteiger charge is -2.35. The maximum atomic E-state index is 14.4. The number of para-hydroxylation sites is 1. The van der Waals surface area contributed by atoms with E-state index >= 15 is 0 Å². The van der Waals surface area contributed by atoms with E-state index in [4.69, 9.17) is 5.73 Å². The summed E-state index contributed by atoms with van der Waals surface area (Å²) in [6.07, 6.45) is 11.3. The fourth-order valence-electron chi connectivity index (χ4n) is 3.98. The first-order valence-electron chi connectivity index (χ1n) is 9.31. The molecule has 0 saturated carbocycles. The predicted molar refractivity (Wildman–Crippen MR) is 106 cm³/mol. The van der Waals surface area contributed by atoms with Crippen molar-refractivity contribution in [2.75, 3.05) is 11.5 Å². The van der Waals surface area contributed by atoms with Crippen molar-refractivity contribution in [3.63, 3.8) is 0 Å². The number of anilines is 1. The molecule has 1 aromatic carbocycles. The van der Waals surface area contributed by atoms with Gasteiger partial charge in [0.1, 0.15) is 17.3 Å². The number of aliphatic hydroxyl groups is 1. The normalized spacial score (nSPS) is 21.6. The van der Waals surface area contributed by atoms with Gasteiger partial charge in [0.2, 0.25) is 0 Å². The van der Waals surface area contributed by atoms with Crippen LogP contribution in [-0.4, -0.2) is 23.8 Å². The molecule has 0 fully saturated rings. The monoisotopic (exact) mass is 386 g/mol. The molecule has 28 heavy (non-hydrogen) atoms. The van der Waals surface area contributed by atoms with Gasteiger partial charge in [-0.2, -0.15) is 0 Å². The molecule has 4 nitrogen and oxygen atoms in total. The van der Waals surface area contributed by atoms with Crippen LogP contribution in [0.2, 0.25) is 0 Å². The molecule has 0 heterocycles. The van der Waals surface area contributed by atoms with Crippen molar-refractivity contribution in [3.8, 4) is 0 Å². The lowest BCUT2D eigenvalue weighted by Crippen LogP contribution is -2.45. The number of nitrogens with two attached hydrogens (primary N) is 1. The zero-order valence-electron chi connectivity index (χ0n) is 15.7. The summed E-state index contributed by atoms with van der Waals surface area (Å²) in [5, 5.41) is 9.43. The van der Waals surface area contributed by atoms with Gasteiger partial charge in [0.05, 0.1) is 6.04 Å². The summed E-state index contributed by atoms with van der Waals surface area (Å²) < 4.78 is 28.7.